The van der Waals surface area contributed by atoms with Crippen LogP contribution in [0.2, 0.25) is 0 Å². The molecule has 1 spiro atoms. The Kier molecular flexibility index (Phi) is 6.82. The van der Waals surface area contributed by atoms with Crippen LogP contribution < -0.4 is 10.5 Å². The van der Waals surface area contributed by atoms with Crippen LogP contribution in [0.25, 0.3) is 5.57 Å². The van der Waals surface area contributed by atoms with Gasteiger partial charge < -0.3 is 10.1 Å². The third-order valence-corrected chi connectivity index (χ3v) is 8.53. The molecule has 4 heterocycles. The number of imide groups is 1. The van der Waals surface area contributed by atoms with Crippen molar-refractivity contribution >= 4 is 29.3 Å². The van der Waals surface area contributed by atoms with Gasteiger partial charge in [-0.25, -0.2) is 19.5 Å². The molecule has 2 aliphatic heterocycles. The van der Waals surface area contributed by atoms with Crippen molar-refractivity contribution in [2.24, 2.45) is 0 Å². The summed E-state index contributed by atoms with van der Waals surface area (Å²) in [7, 11) is 0. The Bertz CT molecular complexity index is 1670. The number of likely N-dealkylation sites (tertiary alicyclic amines) is 1. The number of aromatic amines is 1. The van der Waals surface area contributed by atoms with Gasteiger partial charge in [0.2, 0.25) is 0 Å². The van der Waals surface area contributed by atoms with Gasteiger partial charge in [-0.3, -0.25) is 24.4 Å². The van der Waals surface area contributed by atoms with E-state index < -0.39 is 34.5 Å². The molecule has 214 valence electrons. The van der Waals surface area contributed by atoms with E-state index in [0.29, 0.717) is 19.6 Å². The SMILES string of the molecule is Cc1cccnc1CN1CCC2(CC1)C(=O)N(C1(C(=O)O)C=CC(c3ccccc3)=CC1)C(=O)N2c1cc(=O)[nH]cn1. The maximum Gasteiger partial charge on any atom is 0.334 e. The van der Waals surface area contributed by atoms with Crippen LogP contribution in [0.4, 0.5) is 10.6 Å². The standard InChI is InChI=1S/C31H30N6O5/c1-21-6-5-15-32-24(21)19-35-16-13-30(14-17-35)27(39)37(29(42)36(30)25-18-26(38)34-20-33-25)31(28(40)41)11-9-23(10-12-31)22-7-3-2-4-8-22/h2-11,15,18,20H,12-14,16-17,19H2,1H3,(H,40,41)(H,33,34,38). The number of allylic oxidation sites excluding steroid dienone is 2. The van der Waals surface area contributed by atoms with Gasteiger partial charge in [-0.1, -0.05) is 48.6 Å². The number of carboxylic acid groups (broad SMARTS) is 1. The Labute approximate surface area is 241 Å². The smallest absolute Gasteiger partial charge is 0.334 e. The topological polar surface area (TPSA) is 140 Å². The zero-order valence-electron chi connectivity index (χ0n) is 23.1. The van der Waals surface area contributed by atoms with E-state index in [0.717, 1.165) is 33.4 Å². The minimum Gasteiger partial charge on any atom is -0.479 e. The number of anilines is 1. The molecule has 2 aromatic heterocycles. The molecule has 2 N–H and O–H groups in total. The third-order valence-electron chi connectivity index (χ3n) is 8.53. The van der Waals surface area contributed by atoms with Gasteiger partial charge in [0.25, 0.3) is 11.5 Å². The van der Waals surface area contributed by atoms with Crippen molar-refractivity contribution < 1.29 is 19.5 Å². The number of aliphatic carboxylic acids is 1. The highest BCUT2D eigenvalue weighted by molar-refractivity contribution is 6.19. The molecule has 1 atom stereocenters. The van der Waals surface area contributed by atoms with Crippen molar-refractivity contribution in [3.8, 4) is 0 Å². The number of hydrogen-bond acceptors (Lipinski definition) is 7. The van der Waals surface area contributed by atoms with Gasteiger partial charge in [-0.2, -0.15) is 0 Å². The van der Waals surface area contributed by atoms with Crippen molar-refractivity contribution in [3.05, 3.63) is 106 Å². The summed E-state index contributed by atoms with van der Waals surface area (Å²) in [6.07, 6.45) is 8.10. The summed E-state index contributed by atoms with van der Waals surface area (Å²) in [5.41, 5.74) is -0.139. The highest BCUT2D eigenvalue weighted by atomic mass is 16.4. The van der Waals surface area contributed by atoms with E-state index in [2.05, 4.69) is 19.9 Å². The largest absolute Gasteiger partial charge is 0.479 e. The molecule has 3 aromatic rings. The number of urea groups is 1. The number of benzene rings is 1. The molecule has 11 heteroatoms. The quantitative estimate of drug-likeness (QED) is 0.434. The molecule has 0 radical (unpaired) electrons. The number of H-pyrrole nitrogens is 1. The maximum absolute atomic E-state index is 14.4. The predicted octanol–water partition coefficient (Wildman–Crippen LogP) is 3.14. The number of nitrogens with zero attached hydrogens (tertiary/aromatic N) is 5. The van der Waals surface area contributed by atoms with Crippen LogP contribution in [-0.4, -0.2) is 71.9 Å². The van der Waals surface area contributed by atoms with Crippen LogP contribution >= 0.6 is 0 Å². The molecule has 0 saturated carbocycles. The second-order valence-electron chi connectivity index (χ2n) is 10.9. The molecule has 6 rings (SSSR count). The van der Waals surface area contributed by atoms with E-state index >= 15 is 0 Å². The summed E-state index contributed by atoms with van der Waals surface area (Å²) in [5, 5.41) is 10.5. The van der Waals surface area contributed by atoms with Crippen molar-refractivity contribution in [3.63, 3.8) is 0 Å². The Hall–Kier alpha value is -4.90. The average Bonchev–Trinajstić information content (AvgIpc) is 3.21. The number of carbonyl (C=O) groups is 3. The zero-order chi connectivity index (χ0) is 29.5. The lowest BCUT2D eigenvalue weighted by Crippen LogP contribution is -2.59. The summed E-state index contributed by atoms with van der Waals surface area (Å²) in [6.45, 7) is 3.48. The van der Waals surface area contributed by atoms with Gasteiger partial charge in [0.1, 0.15) is 11.4 Å². The van der Waals surface area contributed by atoms with Crippen molar-refractivity contribution in [2.75, 3.05) is 18.0 Å². The summed E-state index contributed by atoms with van der Waals surface area (Å²) in [5.74, 6) is -1.91. The number of pyridine rings is 1. The number of aromatic nitrogens is 3. The van der Waals surface area contributed by atoms with Crippen LogP contribution in [-0.2, 0) is 16.1 Å². The minimum atomic E-state index is -1.93. The first kappa shape index (κ1) is 27.3. The number of aryl methyl sites for hydroxylation is 1. The fraction of sp³-hybridized carbons (Fsp3) is 0.290. The molecule has 42 heavy (non-hydrogen) atoms. The zero-order valence-corrected chi connectivity index (χ0v) is 23.1. The highest BCUT2D eigenvalue weighted by Gasteiger charge is 2.65. The van der Waals surface area contributed by atoms with Gasteiger partial charge in [0, 0.05) is 38.3 Å². The van der Waals surface area contributed by atoms with Gasteiger partial charge in [0.05, 0.1) is 12.0 Å². The first-order valence-corrected chi connectivity index (χ1v) is 13.8. The molecule has 1 unspecified atom stereocenters. The van der Waals surface area contributed by atoms with E-state index in [1.165, 1.54) is 17.3 Å². The molecule has 2 saturated heterocycles. The molecule has 1 aliphatic carbocycles. The summed E-state index contributed by atoms with van der Waals surface area (Å²) in [6, 6.07) is 13.7. The summed E-state index contributed by atoms with van der Waals surface area (Å²) < 4.78 is 0. The van der Waals surface area contributed by atoms with E-state index in [4.69, 9.17) is 0 Å². The Morgan fingerprint density at radius 2 is 1.79 bits per heavy atom. The maximum atomic E-state index is 14.4. The lowest BCUT2D eigenvalue weighted by molar-refractivity contribution is -0.153. The van der Waals surface area contributed by atoms with E-state index in [1.54, 1.807) is 18.3 Å². The molecular formula is C31H30N6O5. The fourth-order valence-electron chi connectivity index (χ4n) is 6.13. The normalized spacial score (nSPS) is 22.1. The number of amides is 3. The monoisotopic (exact) mass is 566 g/mol. The van der Waals surface area contributed by atoms with Crippen LogP contribution in [0.15, 0.2) is 84.1 Å². The number of piperidine rings is 1. The number of carbonyl (C=O) groups excluding carboxylic acids is 2. The van der Waals surface area contributed by atoms with E-state index in [1.807, 2.05) is 49.4 Å². The third kappa shape index (κ3) is 4.42. The van der Waals surface area contributed by atoms with Crippen molar-refractivity contribution in [1.82, 2.24) is 24.8 Å². The molecule has 11 nitrogen and oxygen atoms in total. The van der Waals surface area contributed by atoms with Crippen LogP contribution in [0, 0.1) is 6.92 Å². The number of carboxylic acids is 1. The number of nitrogens with one attached hydrogen (secondary N) is 1. The second-order valence-corrected chi connectivity index (χ2v) is 10.9. The van der Waals surface area contributed by atoms with E-state index in [9.17, 15) is 24.3 Å². The lowest BCUT2D eigenvalue weighted by atomic mass is 9.82. The molecule has 0 bridgehead atoms. The predicted molar refractivity (Wildman–Crippen MR) is 154 cm³/mol. The molecule has 2 fully saturated rings. The second kappa shape index (κ2) is 10.5. The van der Waals surface area contributed by atoms with Crippen LogP contribution in [0.1, 0.15) is 36.1 Å². The lowest BCUT2D eigenvalue weighted by Gasteiger charge is -2.41. The van der Waals surface area contributed by atoms with Crippen molar-refractivity contribution in [1.29, 1.82) is 0 Å². The van der Waals surface area contributed by atoms with Crippen LogP contribution in [0.3, 0.4) is 0 Å². The van der Waals surface area contributed by atoms with Gasteiger partial charge >= 0.3 is 12.0 Å². The number of hydrogen-bond donors (Lipinski definition) is 2. The first-order valence-electron chi connectivity index (χ1n) is 13.8. The summed E-state index contributed by atoms with van der Waals surface area (Å²) in [4.78, 5) is 69.3. The first-order chi connectivity index (χ1) is 20.2. The molecule has 3 aliphatic rings. The Morgan fingerprint density at radius 3 is 2.43 bits per heavy atom. The van der Waals surface area contributed by atoms with E-state index in [-0.39, 0.29) is 25.1 Å². The number of rotatable bonds is 6. The Morgan fingerprint density at radius 1 is 1.02 bits per heavy atom. The summed E-state index contributed by atoms with van der Waals surface area (Å²) >= 11 is 0. The Balaban J connectivity index is 1.36. The molecule has 3 amide bonds. The minimum absolute atomic E-state index is 0.00876. The highest BCUT2D eigenvalue weighted by Crippen LogP contribution is 2.45. The molecule has 1 aromatic carbocycles. The van der Waals surface area contributed by atoms with Crippen LogP contribution in [0.5, 0.6) is 0 Å². The van der Waals surface area contributed by atoms with Gasteiger partial charge in [0.15, 0.2) is 5.54 Å². The van der Waals surface area contributed by atoms with Gasteiger partial charge in [-0.15, -0.1) is 0 Å². The average molecular weight is 567 g/mol. The molecular weight excluding hydrogens is 536 g/mol. The van der Waals surface area contributed by atoms with Gasteiger partial charge in [-0.05, 0) is 48.6 Å². The fourth-order valence-corrected chi connectivity index (χ4v) is 6.13. The van der Waals surface area contributed by atoms with Crippen molar-refractivity contribution in [2.45, 2.75) is 43.8 Å².